The van der Waals surface area contributed by atoms with Crippen LogP contribution in [0.2, 0.25) is 0 Å². The van der Waals surface area contributed by atoms with Gasteiger partial charge in [0, 0.05) is 35.7 Å². The molecule has 4 saturated heterocycles. The fourth-order valence-corrected chi connectivity index (χ4v) is 7.83. The number of aromatic hydroxyl groups is 1. The van der Waals surface area contributed by atoms with Crippen LogP contribution in [0.15, 0.2) is 23.8 Å². The van der Waals surface area contributed by atoms with Crippen molar-refractivity contribution >= 4 is 17.5 Å². The third-order valence-electron chi connectivity index (χ3n) is 9.39. The van der Waals surface area contributed by atoms with E-state index in [0.29, 0.717) is 25.1 Å². The summed E-state index contributed by atoms with van der Waals surface area (Å²) >= 11 is 0. The van der Waals surface area contributed by atoms with Crippen LogP contribution >= 0.6 is 0 Å². The molecule has 5 aliphatic heterocycles. The molecule has 170 valence electrons. The van der Waals surface area contributed by atoms with E-state index in [9.17, 15) is 14.7 Å². The number of piperidine rings is 2. The van der Waals surface area contributed by atoms with E-state index in [1.807, 2.05) is 11.0 Å². The molecule has 3 N–H and O–H groups in total. The van der Waals surface area contributed by atoms with E-state index in [1.54, 1.807) is 6.07 Å². The number of piperazine rings is 1. The monoisotopic (exact) mass is 435 g/mol. The van der Waals surface area contributed by atoms with Gasteiger partial charge in [-0.2, -0.15) is 0 Å². The van der Waals surface area contributed by atoms with Crippen LogP contribution in [0.4, 0.5) is 5.69 Å². The van der Waals surface area contributed by atoms with Gasteiger partial charge < -0.3 is 20.6 Å². The molecule has 1 saturated carbocycles. The molecule has 0 radical (unpaired) electrons. The lowest BCUT2D eigenvalue weighted by atomic mass is 9.48. The molecule has 2 amide bonds. The van der Waals surface area contributed by atoms with E-state index >= 15 is 0 Å². The number of fused-ring (bicyclic) bond motifs is 4. The van der Waals surface area contributed by atoms with Crippen molar-refractivity contribution < 1.29 is 14.7 Å². The number of rotatable bonds is 2. The number of anilines is 1. The number of hydrogen-bond donors (Lipinski definition) is 3. The van der Waals surface area contributed by atoms with Gasteiger partial charge in [-0.25, -0.2) is 0 Å². The average molecular weight is 436 g/mol. The van der Waals surface area contributed by atoms with Crippen molar-refractivity contribution in [3.8, 4) is 5.75 Å². The SMILES string of the molecule is CC(C)=CCc1c(O)ccc2c1NC1C2C[C@]23NC(=O)[C@@]4(CCCN4C2=O)C[C@@H]3C1(C)C. The van der Waals surface area contributed by atoms with Crippen molar-refractivity contribution in [2.24, 2.45) is 11.3 Å². The maximum absolute atomic E-state index is 13.9. The average Bonchev–Trinajstić information content (AvgIpc) is 3.32. The first-order valence-corrected chi connectivity index (χ1v) is 12.0. The Hall–Kier alpha value is -2.50. The maximum Gasteiger partial charge on any atom is 0.249 e. The zero-order chi connectivity index (χ0) is 22.6. The zero-order valence-corrected chi connectivity index (χ0v) is 19.4. The first kappa shape index (κ1) is 20.1. The molecule has 5 atom stereocenters. The number of phenolic OH excluding ortho intramolecular Hbond substituents is 1. The summed E-state index contributed by atoms with van der Waals surface area (Å²) in [5.74, 6) is 0.702. The Morgan fingerprint density at radius 2 is 2.03 bits per heavy atom. The minimum absolute atomic E-state index is 0.0567. The molecule has 7 rings (SSSR count). The van der Waals surface area contributed by atoms with Crippen molar-refractivity contribution in [2.75, 3.05) is 11.9 Å². The fraction of sp³-hybridized carbons (Fsp3) is 0.615. The van der Waals surface area contributed by atoms with Crippen LogP contribution in [0.1, 0.15) is 70.4 Å². The maximum atomic E-state index is 13.9. The van der Waals surface area contributed by atoms with Crippen LogP contribution in [0.5, 0.6) is 5.75 Å². The summed E-state index contributed by atoms with van der Waals surface area (Å²) in [5, 5.41) is 17.8. The van der Waals surface area contributed by atoms with E-state index in [0.717, 1.165) is 36.1 Å². The smallest absolute Gasteiger partial charge is 0.249 e. The number of nitrogens with zero attached hydrogens (tertiary/aromatic N) is 1. The highest BCUT2D eigenvalue weighted by Gasteiger charge is 2.74. The Morgan fingerprint density at radius 1 is 1.25 bits per heavy atom. The second kappa shape index (κ2) is 6.09. The first-order chi connectivity index (χ1) is 15.1. The summed E-state index contributed by atoms with van der Waals surface area (Å²) in [6.45, 7) is 9.36. The molecule has 5 heterocycles. The third-order valence-corrected chi connectivity index (χ3v) is 9.39. The minimum Gasteiger partial charge on any atom is -0.508 e. The molecule has 6 aliphatic rings. The number of allylic oxidation sites excluding steroid dienone is 2. The Balaban J connectivity index is 1.48. The van der Waals surface area contributed by atoms with E-state index in [-0.39, 0.29) is 35.1 Å². The molecule has 1 aromatic rings. The number of carbonyl (C=O) groups is 2. The van der Waals surface area contributed by atoms with Gasteiger partial charge in [0.15, 0.2) is 0 Å². The summed E-state index contributed by atoms with van der Waals surface area (Å²) in [4.78, 5) is 29.1. The van der Waals surface area contributed by atoms with Crippen molar-refractivity contribution in [3.63, 3.8) is 0 Å². The molecule has 5 fully saturated rings. The number of nitrogens with one attached hydrogen (secondary N) is 2. The molecule has 2 unspecified atom stereocenters. The largest absolute Gasteiger partial charge is 0.508 e. The van der Waals surface area contributed by atoms with Crippen LogP contribution < -0.4 is 10.6 Å². The normalized spacial score (nSPS) is 37.8. The van der Waals surface area contributed by atoms with Crippen molar-refractivity contribution in [3.05, 3.63) is 34.9 Å². The molecule has 6 heteroatoms. The zero-order valence-electron chi connectivity index (χ0n) is 19.4. The Labute approximate surface area is 189 Å². The van der Waals surface area contributed by atoms with Gasteiger partial charge in [0.05, 0.1) is 0 Å². The highest BCUT2D eigenvalue weighted by molar-refractivity contribution is 6.05. The molecule has 1 aliphatic carbocycles. The van der Waals surface area contributed by atoms with Crippen molar-refractivity contribution in [1.82, 2.24) is 10.2 Å². The van der Waals surface area contributed by atoms with Gasteiger partial charge >= 0.3 is 0 Å². The predicted octanol–water partition coefficient (Wildman–Crippen LogP) is 3.46. The van der Waals surface area contributed by atoms with Crippen LogP contribution in [-0.4, -0.2) is 45.5 Å². The number of amides is 2. The molecule has 2 spiro atoms. The Bertz CT molecular complexity index is 1090. The molecule has 2 bridgehead atoms. The third kappa shape index (κ3) is 2.21. The number of benzene rings is 1. The van der Waals surface area contributed by atoms with Crippen LogP contribution in [0.25, 0.3) is 0 Å². The van der Waals surface area contributed by atoms with Gasteiger partial charge in [-0.1, -0.05) is 31.6 Å². The van der Waals surface area contributed by atoms with Gasteiger partial charge in [-0.15, -0.1) is 0 Å². The second-order valence-corrected chi connectivity index (χ2v) is 11.5. The van der Waals surface area contributed by atoms with E-state index in [2.05, 4.69) is 44.4 Å². The van der Waals surface area contributed by atoms with Gasteiger partial charge in [-0.3, -0.25) is 9.59 Å². The topological polar surface area (TPSA) is 81.7 Å². The van der Waals surface area contributed by atoms with E-state index < -0.39 is 11.1 Å². The van der Waals surface area contributed by atoms with Crippen LogP contribution in [-0.2, 0) is 16.0 Å². The lowest BCUT2D eigenvalue weighted by Gasteiger charge is -2.66. The molecule has 6 nitrogen and oxygen atoms in total. The highest BCUT2D eigenvalue weighted by atomic mass is 16.3. The van der Waals surface area contributed by atoms with E-state index in [1.165, 1.54) is 5.57 Å². The molecular weight excluding hydrogens is 402 g/mol. The van der Waals surface area contributed by atoms with E-state index in [4.69, 9.17) is 0 Å². The van der Waals surface area contributed by atoms with Gasteiger partial charge in [0.2, 0.25) is 11.8 Å². The summed E-state index contributed by atoms with van der Waals surface area (Å²) in [5.41, 5.74) is 2.66. The van der Waals surface area contributed by atoms with Crippen LogP contribution in [0, 0.1) is 11.3 Å². The summed E-state index contributed by atoms with van der Waals surface area (Å²) < 4.78 is 0. The molecular formula is C26H33N3O3. The second-order valence-electron chi connectivity index (χ2n) is 11.5. The Morgan fingerprint density at radius 3 is 2.78 bits per heavy atom. The highest BCUT2D eigenvalue weighted by Crippen LogP contribution is 2.64. The summed E-state index contributed by atoms with van der Waals surface area (Å²) in [7, 11) is 0. The lowest BCUT2D eigenvalue weighted by molar-refractivity contribution is -0.187. The number of phenols is 1. The standard InChI is InChI=1S/C26H33N3O3/c1-14(2)6-7-16-18(30)9-8-15-17-12-26-19(24(3,4)21(17)27-20(15)16)13-25(22(31)28-26)10-5-11-29(25)23(26)32/h6,8-9,17,19,21,27,30H,5,7,10-13H2,1-4H3,(H,28,31)/t17?,19-,21?,25-,26-/m1/s1. The fourth-order valence-electron chi connectivity index (χ4n) is 7.83. The predicted molar refractivity (Wildman–Crippen MR) is 122 cm³/mol. The summed E-state index contributed by atoms with van der Waals surface area (Å²) in [6.07, 6.45) is 5.87. The number of hydrogen-bond acceptors (Lipinski definition) is 4. The lowest BCUT2D eigenvalue weighted by Crippen LogP contribution is -2.85. The van der Waals surface area contributed by atoms with Gasteiger partial charge in [-0.05, 0) is 63.0 Å². The molecule has 32 heavy (non-hydrogen) atoms. The summed E-state index contributed by atoms with van der Waals surface area (Å²) in [6, 6.07) is 3.97. The molecule has 0 aromatic heterocycles. The molecule has 1 aromatic carbocycles. The Kier molecular flexibility index (Phi) is 3.83. The van der Waals surface area contributed by atoms with Gasteiger partial charge in [0.1, 0.15) is 16.8 Å². The van der Waals surface area contributed by atoms with Crippen molar-refractivity contribution in [1.29, 1.82) is 0 Å². The first-order valence-electron chi connectivity index (χ1n) is 12.0. The van der Waals surface area contributed by atoms with Gasteiger partial charge in [0.25, 0.3) is 0 Å². The number of carbonyl (C=O) groups excluding carboxylic acids is 2. The minimum atomic E-state index is -0.824. The quantitative estimate of drug-likeness (QED) is 0.622. The van der Waals surface area contributed by atoms with Crippen molar-refractivity contribution in [2.45, 2.75) is 82.8 Å². The van der Waals surface area contributed by atoms with Crippen LogP contribution in [0.3, 0.4) is 0 Å².